The van der Waals surface area contributed by atoms with Crippen LogP contribution in [0.1, 0.15) is 30.5 Å². The van der Waals surface area contributed by atoms with Crippen LogP contribution in [0.15, 0.2) is 40.0 Å². The molecule has 1 aromatic carbocycles. The van der Waals surface area contributed by atoms with Gasteiger partial charge in [-0.15, -0.1) is 0 Å². The Morgan fingerprint density at radius 3 is 2.42 bits per heavy atom. The topological polar surface area (TPSA) is 110 Å². The molecule has 4 rings (SSSR count). The van der Waals surface area contributed by atoms with Crippen molar-refractivity contribution in [2.75, 3.05) is 19.5 Å². The number of benzene rings is 1. The van der Waals surface area contributed by atoms with Crippen LogP contribution in [0.2, 0.25) is 0 Å². The van der Waals surface area contributed by atoms with Crippen molar-refractivity contribution >= 4 is 9.84 Å². The molecule has 0 spiro atoms. The van der Waals surface area contributed by atoms with Crippen molar-refractivity contribution in [1.29, 1.82) is 0 Å². The van der Waals surface area contributed by atoms with Gasteiger partial charge in [-0.25, -0.2) is 8.42 Å². The Labute approximate surface area is 187 Å². The molecule has 12 heteroatoms. The SMILES string of the molecule is CS(=O)(=O)c1ccc(-c2[nH]n(-c3cc(C(F)(F)F)[nH]n3)c(=O)c2CCC2CCOCC2)cc1. The second-order valence-corrected chi connectivity index (χ2v) is 10.2. The van der Waals surface area contributed by atoms with Gasteiger partial charge in [-0.1, -0.05) is 12.1 Å². The van der Waals surface area contributed by atoms with Crippen LogP contribution in [0.5, 0.6) is 0 Å². The molecule has 0 amide bonds. The number of aromatic nitrogens is 4. The Morgan fingerprint density at radius 2 is 1.85 bits per heavy atom. The molecule has 1 aliphatic heterocycles. The standard InChI is InChI=1S/C21H23F3N4O4S/c1-33(30,31)15-5-3-14(4-6-15)19-16(7-2-13-8-10-32-11-9-13)20(29)28(27-19)18-12-17(25-26-18)21(22,23)24/h3-6,12-13,27H,2,7-11H2,1H3,(H,25,26). The summed E-state index contributed by atoms with van der Waals surface area (Å²) in [6, 6.07) is 6.75. The first kappa shape index (κ1) is 23.3. The Morgan fingerprint density at radius 1 is 1.18 bits per heavy atom. The van der Waals surface area contributed by atoms with E-state index in [1.165, 1.54) is 12.1 Å². The van der Waals surface area contributed by atoms with Crippen LogP contribution in [-0.2, 0) is 27.2 Å². The highest BCUT2D eigenvalue weighted by Gasteiger charge is 2.33. The zero-order valence-electron chi connectivity index (χ0n) is 17.8. The molecule has 8 nitrogen and oxygen atoms in total. The third-order valence-corrected chi connectivity index (χ3v) is 6.93. The third kappa shape index (κ3) is 5.06. The molecule has 0 saturated carbocycles. The van der Waals surface area contributed by atoms with E-state index in [2.05, 4.69) is 10.2 Å². The maximum Gasteiger partial charge on any atom is 0.432 e. The summed E-state index contributed by atoms with van der Waals surface area (Å²) >= 11 is 0. The Kier molecular flexibility index (Phi) is 6.23. The van der Waals surface area contributed by atoms with Gasteiger partial charge in [-0.05, 0) is 49.3 Å². The average Bonchev–Trinajstić information content (AvgIpc) is 3.37. The first-order valence-electron chi connectivity index (χ1n) is 10.4. The molecule has 2 aromatic heterocycles. The molecule has 0 aliphatic carbocycles. The van der Waals surface area contributed by atoms with Crippen molar-refractivity contribution in [3.8, 4) is 17.1 Å². The van der Waals surface area contributed by atoms with Gasteiger partial charge in [-0.3, -0.25) is 15.0 Å². The monoisotopic (exact) mass is 484 g/mol. The van der Waals surface area contributed by atoms with Crippen molar-refractivity contribution < 1.29 is 26.3 Å². The summed E-state index contributed by atoms with van der Waals surface area (Å²) in [7, 11) is -3.40. The molecule has 0 unspecified atom stereocenters. The second-order valence-electron chi connectivity index (χ2n) is 8.13. The van der Waals surface area contributed by atoms with Crippen molar-refractivity contribution in [3.05, 3.63) is 51.9 Å². The molecule has 1 aliphatic rings. The van der Waals surface area contributed by atoms with Crippen LogP contribution in [-0.4, -0.2) is 47.9 Å². The molecule has 1 fully saturated rings. The number of halogens is 3. The van der Waals surface area contributed by atoms with E-state index in [9.17, 15) is 26.4 Å². The number of nitrogens with one attached hydrogen (secondary N) is 2. The molecule has 178 valence electrons. The normalized spacial score (nSPS) is 15.8. The summed E-state index contributed by atoms with van der Waals surface area (Å²) in [5, 5.41) is 8.44. The predicted octanol–water partition coefficient (Wildman–Crippen LogP) is 3.34. The van der Waals surface area contributed by atoms with Crippen molar-refractivity contribution in [2.45, 2.75) is 36.8 Å². The molecular weight excluding hydrogens is 461 g/mol. The van der Waals surface area contributed by atoms with Crippen LogP contribution in [0.3, 0.4) is 0 Å². The fourth-order valence-electron chi connectivity index (χ4n) is 3.93. The van der Waals surface area contributed by atoms with E-state index in [1.54, 1.807) is 12.1 Å². The van der Waals surface area contributed by atoms with E-state index < -0.39 is 27.3 Å². The minimum Gasteiger partial charge on any atom is -0.381 e. The number of nitrogens with zero attached hydrogens (tertiary/aromatic N) is 2. The number of rotatable bonds is 6. The first-order chi connectivity index (χ1) is 15.5. The highest BCUT2D eigenvalue weighted by molar-refractivity contribution is 7.90. The van der Waals surface area contributed by atoms with Gasteiger partial charge in [0, 0.05) is 31.1 Å². The molecule has 2 N–H and O–H groups in total. The molecule has 1 saturated heterocycles. The van der Waals surface area contributed by atoms with Crippen LogP contribution in [0.25, 0.3) is 17.1 Å². The van der Waals surface area contributed by atoms with Gasteiger partial charge in [-0.2, -0.15) is 23.0 Å². The maximum absolute atomic E-state index is 13.2. The Hall–Kier alpha value is -2.86. The quantitative estimate of drug-likeness (QED) is 0.558. The van der Waals surface area contributed by atoms with E-state index in [4.69, 9.17) is 4.74 Å². The van der Waals surface area contributed by atoms with Crippen molar-refractivity contribution in [3.63, 3.8) is 0 Å². The lowest BCUT2D eigenvalue weighted by molar-refractivity contribution is -0.141. The zero-order chi connectivity index (χ0) is 23.8. The fourth-order valence-corrected chi connectivity index (χ4v) is 4.56. The van der Waals surface area contributed by atoms with E-state index in [1.807, 2.05) is 5.10 Å². The van der Waals surface area contributed by atoms with Gasteiger partial charge in [0.2, 0.25) is 0 Å². The van der Waals surface area contributed by atoms with Gasteiger partial charge in [0.1, 0.15) is 5.69 Å². The summed E-state index contributed by atoms with van der Waals surface area (Å²) in [5.74, 6) is 0.169. The van der Waals surface area contributed by atoms with Crippen LogP contribution < -0.4 is 5.56 Å². The number of hydrogen-bond acceptors (Lipinski definition) is 5. The molecule has 33 heavy (non-hydrogen) atoms. The Bertz CT molecular complexity index is 1280. The summed E-state index contributed by atoms with van der Waals surface area (Å²) in [6.07, 6.45) is -0.643. The number of alkyl halides is 3. The van der Waals surface area contributed by atoms with Crippen LogP contribution in [0.4, 0.5) is 13.2 Å². The second kappa shape index (κ2) is 8.82. The third-order valence-electron chi connectivity index (χ3n) is 5.80. The molecular formula is C21H23F3N4O4S. The van der Waals surface area contributed by atoms with E-state index in [0.717, 1.165) is 36.3 Å². The lowest BCUT2D eigenvalue weighted by Gasteiger charge is -2.21. The van der Waals surface area contributed by atoms with Crippen molar-refractivity contribution in [1.82, 2.24) is 20.0 Å². The number of ether oxygens (including phenoxy) is 1. The van der Waals surface area contributed by atoms with Gasteiger partial charge in [0.05, 0.1) is 10.6 Å². The lowest BCUT2D eigenvalue weighted by atomic mass is 9.92. The fraction of sp³-hybridized carbons (Fsp3) is 0.429. The van der Waals surface area contributed by atoms with Gasteiger partial charge >= 0.3 is 6.18 Å². The van der Waals surface area contributed by atoms with E-state index in [0.29, 0.717) is 42.4 Å². The summed E-state index contributed by atoms with van der Waals surface area (Å²) < 4.78 is 68.9. The zero-order valence-corrected chi connectivity index (χ0v) is 18.6. The number of sulfone groups is 1. The number of aromatic amines is 2. The molecule has 0 atom stereocenters. The molecule has 0 bridgehead atoms. The molecule has 0 radical (unpaired) electrons. The maximum atomic E-state index is 13.2. The average molecular weight is 485 g/mol. The molecule has 3 heterocycles. The largest absolute Gasteiger partial charge is 0.432 e. The molecule has 3 aromatic rings. The number of hydrogen-bond donors (Lipinski definition) is 2. The predicted molar refractivity (Wildman–Crippen MR) is 114 cm³/mol. The highest BCUT2D eigenvalue weighted by Crippen LogP contribution is 2.29. The van der Waals surface area contributed by atoms with Crippen molar-refractivity contribution in [2.24, 2.45) is 5.92 Å². The van der Waals surface area contributed by atoms with Gasteiger partial charge in [0.15, 0.2) is 15.7 Å². The minimum atomic E-state index is -4.63. The van der Waals surface area contributed by atoms with E-state index >= 15 is 0 Å². The summed E-state index contributed by atoms with van der Waals surface area (Å²) in [5.41, 5.74) is -0.188. The van der Waals surface area contributed by atoms with Crippen LogP contribution >= 0.6 is 0 Å². The summed E-state index contributed by atoms with van der Waals surface area (Å²) in [6.45, 7) is 1.32. The van der Waals surface area contributed by atoms with E-state index in [-0.39, 0.29) is 10.7 Å². The lowest BCUT2D eigenvalue weighted by Crippen LogP contribution is -2.20. The first-order valence-corrected chi connectivity index (χ1v) is 12.3. The highest BCUT2D eigenvalue weighted by atomic mass is 32.2. The smallest absolute Gasteiger partial charge is 0.381 e. The summed E-state index contributed by atoms with van der Waals surface area (Å²) in [4.78, 5) is 13.3. The Balaban J connectivity index is 1.74. The van der Waals surface area contributed by atoms with Gasteiger partial charge in [0.25, 0.3) is 5.56 Å². The van der Waals surface area contributed by atoms with Gasteiger partial charge < -0.3 is 4.74 Å². The minimum absolute atomic E-state index is 0.124. The van der Waals surface area contributed by atoms with Crippen LogP contribution in [0, 0.1) is 5.92 Å². The number of H-pyrrole nitrogens is 2.